The fraction of sp³-hybridized carbons (Fsp3) is 0.316. The van der Waals surface area contributed by atoms with Crippen LogP contribution in [-0.2, 0) is 11.0 Å². The molecule has 0 spiro atoms. The number of aromatic nitrogens is 2. The second-order valence-corrected chi connectivity index (χ2v) is 6.66. The van der Waals surface area contributed by atoms with Crippen LogP contribution in [-0.4, -0.2) is 75.3 Å². The Kier molecular flexibility index (Phi) is 6.37. The van der Waals surface area contributed by atoms with E-state index in [2.05, 4.69) is 15.3 Å². The largest absolute Gasteiger partial charge is 0.492 e. The predicted octanol–water partition coefficient (Wildman–Crippen LogP) is 0.915. The number of carbonyl (C=O) groups excluding carboxylic acids is 3. The molecule has 9 nitrogen and oxygen atoms in total. The van der Waals surface area contributed by atoms with Crippen LogP contribution < -0.4 is 5.32 Å². The van der Waals surface area contributed by atoms with Crippen molar-refractivity contribution >= 4 is 17.7 Å². The van der Waals surface area contributed by atoms with Crippen LogP contribution in [0.1, 0.15) is 26.4 Å². The third-order valence-electron chi connectivity index (χ3n) is 4.65. The van der Waals surface area contributed by atoms with Crippen LogP contribution in [0.4, 0.5) is 13.2 Å². The molecule has 164 valence electrons. The number of carbonyl (C=O) groups is 3. The molecular weight excluding hydrogens is 419 g/mol. The third kappa shape index (κ3) is 5.27. The van der Waals surface area contributed by atoms with Gasteiger partial charge in [0.15, 0.2) is 0 Å². The molecule has 1 aliphatic rings. The number of rotatable bonds is 4. The summed E-state index contributed by atoms with van der Waals surface area (Å²) in [4.78, 5) is 46.7. The van der Waals surface area contributed by atoms with Crippen molar-refractivity contribution in [1.29, 1.82) is 0 Å². The lowest BCUT2D eigenvalue weighted by Crippen LogP contribution is -2.52. The maximum Gasteiger partial charge on any atom is 0.417 e. The Balaban J connectivity index is 1.53. The summed E-state index contributed by atoms with van der Waals surface area (Å²) in [6.45, 7) is 0.0375. The maximum absolute atomic E-state index is 13.2. The second kappa shape index (κ2) is 8.98. The van der Waals surface area contributed by atoms with Gasteiger partial charge < -0.3 is 20.2 Å². The molecule has 12 heteroatoms. The molecule has 1 aromatic heterocycles. The van der Waals surface area contributed by atoms with Gasteiger partial charge in [0.05, 0.1) is 30.1 Å². The number of piperazine rings is 1. The van der Waals surface area contributed by atoms with E-state index in [0.717, 1.165) is 24.5 Å². The normalized spacial score (nSPS) is 14.3. The number of hydrogen-bond donors (Lipinski definition) is 2. The molecule has 1 aliphatic heterocycles. The molecule has 31 heavy (non-hydrogen) atoms. The van der Waals surface area contributed by atoms with Gasteiger partial charge in [-0.1, -0.05) is 12.1 Å². The van der Waals surface area contributed by atoms with Gasteiger partial charge in [0, 0.05) is 26.2 Å². The van der Waals surface area contributed by atoms with Crippen LogP contribution in [0.25, 0.3) is 0 Å². The van der Waals surface area contributed by atoms with Crippen molar-refractivity contribution in [1.82, 2.24) is 25.1 Å². The minimum Gasteiger partial charge on any atom is -0.492 e. The first kappa shape index (κ1) is 22.0. The molecule has 2 heterocycles. The van der Waals surface area contributed by atoms with Crippen LogP contribution in [0, 0.1) is 0 Å². The minimum atomic E-state index is -4.65. The molecule has 0 aliphatic carbocycles. The van der Waals surface area contributed by atoms with E-state index in [9.17, 15) is 27.6 Å². The average molecular weight is 437 g/mol. The van der Waals surface area contributed by atoms with Crippen molar-refractivity contribution in [2.24, 2.45) is 0 Å². The lowest BCUT2D eigenvalue weighted by molar-refractivity contribution is -0.138. The SMILES string of the molecule is O=C(NCC(=O)N1CCN(C(=O)c2ccccc2C(F)(F)F)CC1)c1cnc(O)cn1. The van der Waals surface area contributed by atoms with Crippen molar-refractivity contribution in [2.75, 3.05) is 32.7 Å². The summed E-state index contributed by atoms with van der Waals surface area (Å²) in [5.74, 6) is -2.17. The standard InChI is InChI=1S/C19H18F3N5O4/c20-19(21,22)13-4-2-1-3-12(13)18(31)27-7-5-26(6-8-27)16(29)11-25-17(30)14-9-24-15(28)10-23-14/h1-4,9-10H,5-8,11H2,(H,24,28)(H,25,30). The lowest BCUT2D eigenvalue weighted by atomic mass is 10.1. The van der Waals surface area contributed by atoms with Crippen LogP contribution in [0.15, 0.2) is 36.7 Å². The molecule has 3 amide bonds. The van der Waals surface area contributed by atoms with Crippen LogP contribution in [0.3, 0.4) is 0 Å². The van der Waals surface area contributed by atoms with E-state index < -0.39 is 35.0 Å². The van der Waals surface area contributed by atoms with Crippen molar-refractivity contribution < 1.29 is 32.7 Å². The Labute approximate surface area is 174 Å². The zero-order valence-corrected chi connectivity index (χ0v) is 16.1. The van der Waals surface area contributed by atoms with Crippen molar-refractivity contribution in [3.63, 3.8) is 0 Å². The quantitative estimate of drug-likeness (QED) is 0.735. The topological polar surface area (TPSA) is 116 Å². The number of benzene rings is 1. The summed E-state index contributed by atoms with van der Waals surface area (Å²) in [6, 6.07) is 4.57. The monoisotopic (exact) mass is 437 g/mol. The van der Waals surface area contributed by atoms with Gasteiger partial charge in [0.2, 0.25) is 11.8 Å². The average Bonchev–Trinajstić information content (AvgIpc) is 2.76. The highest BCUT2D eigenvalue weighted by molar-refractivity contribution is 5.96. The highest BCUT2D eigenvalue weighted by Crippen LogP contribution is 2.32. The van der Waals surface area contributed by atoms with Gasteiger partial charge >= 0.3 is 6.18 Å². The Bertz CT molecular complexity index is 973. The minimum absolute atomic E-state index is 0.0636. The molecule has 2 aromatic rings. The Morgan fingerprint density at radius 2 is 1.65 bits per heavy atom. The molecule has 1 saturated heterocycles. The van der Waals surface area contributed by atoms with Gasteiger partial charge in [-0.25, -0.2) is 9.97 Å². The number of alkyl halides is 3. The second-order valence-electron chi connectivity index (χ2n) is 6.66. The number of nitrogens with zero attached hydrogens (tertiary/aromatic N) is 4. The molecule has 1 aromatic carbocycles. The van der Waals surface area contributed by atoms with E-state index in [-0.39, 0.29) is 44.3 Å². The van der Waals surface area contributed by atoms with Gasteiger partial charge in [-0.05, 0) is 12.1 Å². The first-order valence-corrected chi connectivity index (χ1v) is 9.19. The molecule has 0 radical (unpaired) electrons. The summed E-state index contributed by atoms with van der Waals surface area (Å²) in [6.07, 6.45) is -2.60. The van der Waals surface area contributed by atoms with E-state index in [4.69, 9.17) is 5.11 Å². The number of amides is 3. The molecular formula is C19H18F3N5O4. The van der Waals surface area contributed by atoms with Gasteiger partial charge in [-0.15, -0.1) is 0 Å². The van der Waals surface area contributed by atoms with E-state index in [1.54, 1.807) is 0 Å². The Morgan fingerprint density at radius 1 is 1.00 bits per heavy atom. The van der Waals surface area contributed by atoms with Crippen LogP contribution >= 0.6 is 0 Å². The zero-order chi connectivity index (χ0) is 22.6. The fourth-order valence-corrected chi connectivity index (χ4v) is 3.04. The van der Waals surface area contributed by atoms with Gasteiger partial charge in [-0.3, -0.25) is 14.4 Å². The summed E-state index contributed by atoms with van der Waals surface area (Å²) < 4.78 is 39.5. The molecule has 0 unspecified atom stereocenters. The summed E-state index contributed by atoms with van der Waals surface area (Å²) >= 11 is 0. The first-order valence-electron chi connectivity index (χ1n) is 9.19. The fourth-order valence-electron chi connectivity index (χ4n) is 3.04. The Morgan fingerprint density at radius 3 is 2.26 bits per heavy atom. The van der Waals surface area contributed by atoms with Crippen LogP contribution in [0.5, 0.6) is 5.88 Å². The third-order valence-corrected chi connectivity index (χ3v) is 4.65. The molecule has 3 rings (SSSR count). The lowest BCUT2D eigenvalue weighted by Gasteiger charge is -2.35. The van der Waals surface area contributed by atoms with Gasteiger partial charge in [0.1, 0.15) is 5.69 Å². The van der Waals surface area contributed by atoms with E-state index >= 15 is 0 Å². The number of nitrogens with one attached hydrogen (secondary N) is 1. The zero-order valence-electron chi connectivity index (χ0n) is 16.1. The molecule has 0 saturated carbocycles. The number of hydrogen-bond acceptors (Lipinski definition) is 6. The maximum atomic E-state index is 13.2. The summed E-state index contributed by atoms with van der Waals surface area (Å²) in [5.41, 5.74) is -1.51. The van der Waals surface area contributed by atoms with E-state index in [1.807, 2.05) is 0 Å². The molecule has 0 atom stereocenters. The molecule has 0 bridgehead atoms. The van der Waals surface area contributed by atoms with Gasteiger partial charge in [0.25, 0.3) is 11.8 Å². The number of halogens is 3. The Hall–Kier alpha value is -3.70. The highest BCUT2D eigenvalue weighted by Gasteiger charge is 2.36. The number of aromatic hydroxyl groups is 1. The summed E-state index contributed by atoms with van der Waals surface area (Å²) in [7, 11) is 0. The van der Waals surface area contributed by atoms with Crippen molar-refractivity contribution in [3.8, 4) is 5.88 Å². The molecule has 2 N–H and O–H groups in total. The van der Waals surface area contributed by atoms with E-state index in [0.29, 0.717) is 0 Å². The predicted molar refractivity (Wildman–Crippen MR) is 100.0 cm³/mol. The van der Waals surface area contributed by atoms with Crippen molar-refractivity contribution in [3.05, 3.63) is 53.5 Å². The first-order chi connectivity index (χ1) is 14.7. The highest BCUT2D eigenvalue weighted by atomic mass is 19.4. The van der Waals surface area contributed by atoms with Crippen molar-refractivity contribution in [2.45, 2.75) is 6.18 Å². The molecule has 1 fully saturated rings. The summed E-state index contributed by atoms with van der Waals surface area (Å²) in [5, 5.41) is 11.4. The smallest absolute Gasteiger partial charge is 0.417 e. The van der Waals surface area contributed by atoms with Crippen LogP contribution in [0.2, 0.25) is 0 Å². The van der Waals surface area contributed by atoms with E-state index in [1.165, 1.54) is 21.9 Å². The van der Waals surface area contributed by atoms with Gasteiger partial charge in [-0.2, -0.15) is 13.2 Å².